The molecule has 1 aromatic carbocycles. The maximum atomic E-state index is 11.6. The highest BCUT2D eigenvalue weighted by Crippen LogP contribution is 2.24. The zero-order valence-corrected chi connectivity index (χ0v) is 11.9. The quantitative estimate of drug-likeness (QED) is 0.878. The van der Waals surface area contributed by atoms with Crippen LogP contribution >= 0.6 is 0 Å². The first kappa shape index (κ1) is 14.1. The molecule has 0 saturated carbocycles. The second-order valence-corrected chi connectivity index (χ2v) is 5.05. The summed E-state index contributed by atoms with van der Waals surface area (Å²) in [6.45, 7) is 5.94. The maximum absolute atomic E-state index is 11.6. The van der Waals surface area contributed by atoms with Gasteiger partial charge < -0.3 is 15.0 Å². The third kappa shape index (κ3) is 2.82. The number of anilines is 1. The van der Waals surface area contributed by atoms with E-state index in [1.807, 2.05) is 49.6 Å². The predicted octanol–water partition coefficient (Wildman–Crippen LogP) is 3.01. The highest BCUT2D eigenvalue weighted by Gasteiger charge is 2.24. The summed E-state index contributed by atoms with van der Waals surface area (Å²) < 4.78 is 1.87. The molecular weight excluding hydrogens is 254 g/mol. The number of carboxylic acids is 1. The number of carbonyl (C=O) groups is 1. The minimum atomic E-state index is -0.921. The van der Waals surface area contributed by atoms with E-state index in [9.17, 15) is 9.90 Å². The summed E-state index contributed by atoms with van der Waals surface area (Å²) in [4.78, 5) is 15.7. The van der Waals surface area contributed by atoms with Crippen molar-refractivity contribution < 1.29 is 9.90 Å². The van der Waals surface area contributed by atoms with Gasteiger partial charge in [0.25, 0.3) is 0 Å². The van der Waals surface area contributed by atoms with Gasteiger partial charge in [0.15, 0.2) is 6.04 Å². The summed E-state index contributed by atoms with van der Waals surface area (Å²) in [5.41, 5.74) is 2.47. The minimum Gasteiger partial charge on any atom is -0.479 e. The highest BCUT2D eigenvalue weighted by atomic mass is 16.4. The van der Waals surface area contributed by atoms with Crippen LogP contribution < -0.4 is 5.32 Å². The molecule has 5 heteroatoms. The number of hydrogen-bond acceptors (Lipinski definition) is 3. The second-order valence-electron chi connectivity index (χ2n) is 5.05. The summed E-state index contributed by atoms with van der Waals surface area (Å²) in [5, 5.41) is 12.6. The van der Waals surface area contributed by atoms with Gasteiger partial charge in [-0.05, 0) is 32.4 Å². The van der Waals surface area contributed by atoms with E-state index in [4.69, 9.17) is 0 Å². The molecule has 106 valence electrons. The minimum absolute atomic E-state index is 0.160. The molecule has 0 fully saturated rings. The van der Waals surface area contributed by atoms with E-state index in [0.717, 1.165) is 11.3 Å². The van der Waals surface area contributed by atoms with Crippen LogP contribution in [-0.4, -0.2) is 20.6 Å². The molecule has 0 aliphatic heterocycles. The molecule has 0 aliphatic rings. The Bertz CT molecular complexity index is 605. The summed E-state index contributed by atoms with van der Waals surface area (Å²) in [6.07, 6.45) is 3.26. The first-order chi connectivity index (χ1) is 9.50. The highest BCUT2D eigenvalue weighted by molar-refractivity contribution is 5.79. The number of aliphatic carboxylic acids is 1. The Hall–Kier alpha value is -2.30. The number of carboxylic acid groups (broad SMARTS) is 1. The zero-order chi connectivity index (χ0) is 14.7. The van der Waals surface area contributed by atoms with E-state index in [0.29, 0.717) is 5.69 Å². The Labute approximate surface area is 118 Å². The molecule has 2 aromatic rings. The zero-order valence-electron chi connectivity index (χ0n) is 11.9. The molecule has 0 radical (unpaired) electrons. The molecule has 0 spiro atoms. The molecule has 0 aliphatic carbocycles. The van der Waals surface area contributed by atoms with Crippen LogP contribution in [-0.2, 0) is 4.79 Å². The van der Waals surface area contributed by atoms with Gasteiger partial charge in [-0.1, -0.05) is 18.2 Å². The van der Waals surface area contributed by atoms with Gasteiger partial charge in [0.05, 0.1) is 18.2 Å². The number of benzene rings is 1. The van der Waals surface area contributed by atoms with Gasteiger partial charge in [0.2, 0.25) is 0 Å². The van der Waals surface area contributed by atoms with Crippen LogP contribution in [0.3, 0.4) is 0 Å². The lowest BCUT2D eigenvalue weighted by atomic mass is 10.1. The van der Waals surface area contributed by atoms with E-state index in [1.165, 1.54) is 0 Å². The molecule has 20 heavy (non-hydrogen) atoms. The van der Waals surface area contributed by atoms with Gasteiger partial charge in [-0.3, -0.25) is 0 Å². The van der Waals surface area contributed by atoms with Crippen molar-refractivity contribution in [3.05, 3.63) is 48.0 Å². The number of hydrogen-bond donors (Lipinski definition) is 2. The van der Waals surface area contributed by atoms with Crippen molar-refractivity contribution in [2.75, 3.05) is 5.32 Å². The number of nitrogens with one attached hydrogen (secondary N) is 1. The largest absolute Gasteiger partial charge is 0.479 e. The number of aryl methyl sites for hydroxylation is 1. The fraction of sp³-hybridized carbons (Fsp3) is 0.333. The summed E-state index contributed by atoms with van der Waals surface area (Å²) in [7, 11) is 0. The average Bonchev–Trinajstić information content (AvgIpc) is 2.86. The Balaban J connectivity index is 2.35. The summed E-state index contributed by atoms with van der Waals surface area (Å²) in [6, 6.07) is 6.97. The van der Waals surface area contributed by atoms with Crippen LogP contribution in [0.25, 0.3) is 0 Å². The maximum Gasteiger partial charge on any atom is 0.332 e. The van der Waals surface area contributed by atoms with E-state index >= 15 is 0 Å². The lowest BCUT2D eigenvalue weighted by molar-refractivity contribution is -0.138. The monoisotopic (exact) mass is 273 g/mol. The van der Waals surface area contributed by atoms with Gasteiger partial charge in [-0.25, -0.2) is 9.78 Å². The van der Waals surface area contributed by atoms with Crippen molar-refractivity contribution in [2.24, 2.45) is 0 Å². The predicted molar refractivity (Wildman–Crippen MR) is 77.8 cm³/mol. The molecule has 2 rings (SSSR count). The average molecular weight is 273 g/mol. The Morgan fingerprint density at radius 3 is 2.65 bits per heavy atom. The van der Waals surface area contributed by atoms with Gasteiger partial charge in [-0.15, -0.1) is 0 Å². The van der Waals surface area contributed by atoms with Crippen molar-refractivity contribution in [1.29, 1.82) is 0 Å². The Morgan fingerprint density at radius 1 is 1.35 bits per heavy atom. The number of imidazole rings is 1. The number of rotatable bonds is 5. The van der Waals surface area contributed by atoms with Crippen LogP contribution in [0.15, 0.2) is 36.8 Å². The molecule has 1 atom stereocenters. The Morgan fingerprint density at radius 2 is 2.05 bits per heavy atom. The molecule has 0 saturated heterocycles. The fourth-order valence-electron chi connectivity index (χ4n) is 2.12. The van der Waals surface area contributed by atoms with Crippen LogP contribution in [0.4, 0.5) is 5.69 Å². The summed E-state index contributed by atoms with van der Waals surface area (Å²) in [5.74, 6) is -0.921. The second kappa shape index (κ2) is 5.77. The lowest BCUT2D eigenvalue weighted by Gasteiger charge is -2.20. The van der Waals surface area contributed by atoms with Crippen LogP contribution in [0.2, 0.25) is 0 Å². The number of aromatic nitrogens is 2. The smallest absolute Gasteiger partial charge is 0.332 e. The third-order valence-corrected chi connectivity index (χ3v) is 3.24. The van der Waals surface area contributed by atoms with E-state index in [-0.39, 0.29) is 6.04 Å². The molecule has 0 amide bonds. The first-order valence-corrected chi connectivity index (χ1v) is 6.57. The van der Waals surface area contributed by atoms with Crippen molar-refractivity contribution in [3.8, 4) is 0 Å². The topological polar surface area (TPSA) is 67.2 Å². The normalized spacial score (nSPS) is 12.4. The van der Waals surface area contributed by atoms with Crippen LogP contribution in [0, 0.1) is 6.92 Å². The number of nitrogens with zero attached hydrogens (tertiary/aromatic N) is 2. The molecule has 5 nitrogen and oxygen atoms in total. The van der Waals surface area contributed by atoms with Gasteiger partial charge in [0.1, 0.15) is 0 Å². The molecular formula is C15H19N3O2. The SMILES string of the molecule is Cc1ccccc1NC(C(=O)O)c1cncn1C(C)C. The van der Waals surface area contributed by atoms with Crippen molar-refractivity contribution in [2.45, 2.75) is 32.9 Å². The molecule has 1 unspecified atom stereocenters. The van der Waals surface area contributed by atoms with Crippen LogP contribution in [0.1, 0.15) is 37.2 Å². The van der Waals surface area contributed by atoms with Crippen molar-refractivity contribution in [1.82, 2.24) is 9.55 Å². The first-order valence-electron chi connectivity index (χ1n) is 6.57. The Kier molecular flexibility index (Phi) is 4.08. The van der Waals surface area contributed by atoms with E-state index in [2.05, 4.69) is 10.3 Å². The summed E-state index contributed by atoms with van der Waals surface area (Å²) >= 11 is 0. The number of para-hydroxylation sites is 1. The van der Waals surface area contributed by atoms with Gasteiger partial charge >= 0.3 is 5.97 Å². The molecule has 2 N–H and O–H groups in total. The lowest BCUT2D eigenvalue weighted by Crippen LogP contribution is -2.24. The standard InChI is InChI=1S/C15H19N3O2/c1-10(2)18-9-16-8-13(18)14(15(19)20)17-12-7-5-4-6-11(12)3/h4-10,14,17H,1-3H3,(H,19,20). The van der Waals surface area contributed by atoms with E-state index < -0.39 is 12.0 Å². The van der Waals surface area contributed by atoms with E-state index in [1.54, 1.807) is 12.5 Å². The third-order valence-electron chi connectivity index (χ3n) is 3.24. The molecule has 1 heterocycles. The molecule has 1 aromatic heterocycles. The van der Waals surface area contributed by atoms with Crippen LogP contribution in [0.5, 0.6) is 0 Å². The van der Waals surface area contributed by atoms with Gasteiger partial charge in [-0.2, -0.15) is 0 Å². The van der Waals surface area contributed by atoms with Crippen molar-refractivity contribution in [3.63, 3.8) is 0 Å². The van der Waals surface area contributed by atoms with Crippen molar-refractivity contribution >= 4 is 11.7 Å². The molecule has 0 bridgehead atoms. The van der Waals surface area contributed by atoms with Gasteiger partial charge in [0, 0.05) is 11.7 Å². The fourth-order valence-corrected chi connectivity index (χ4v) is 2.12.